The third-order valence-corrected chi connectivity index (χ3v) is 7.33. The van der Waals surface area contributed by atoms with E-state index in [2.05, 4.69) is 5.32 Å². The zero-order chi connectivity index (χ0) is 22.5. The molecule has 1 N–H and O–H groups in total. The van der Waals surface area contributed by atoms with Gasteiger partial charge >= 0.3 is 0 Å². The van der Waals surface area contributed by atoms with E-state index in [9.17, 15) is 14.4 Å². The van der Waals surface area contributed by atoms with Gasteiger partial charge in [0.05, 0.1) is 10.9 Å². The summed E-state index contributed by atoms with van der Waals surface area (Å²) < 4.78 is -1.31. The highest BCUT2D eigenvalue weighted by Gasteiger charge is 2.67. The Morgan fingerprint density at radius 3 is 2.26 bits per heavy atom. The van der Waals surface area contributed by atoms with Gasteiger partial charge in [0.2, 0.25) is 5.91 Å². The lowest BCUT2D eigenvalue weighted by molar-refractivity contribution is -0.126. The molecule has 162 valence electrons. The van der Waals surface area contributed by atoms with Crippen LogP contribution in [0.3, 0.4) is 0 Å². The van der Waals surface area contributed by atoms with Crippen LogP contribution in [0.1, 0.15) is 41.1 Å². The van der Waals surface area contributed by atoms with Crippen molar-refractivity contribution in [1.29, 1.82) is 0 Å². The van der Waals surface area contributed by atoms with E-state index >= 15 is 0 Å². The maximum atomic E-state index is 12.9. The highest BCUT2D eigenvalue weighted by molar-refractivity contribution is 6.53. The molecule has 2 atom stereocenters. The van der Waals surface area contributed by atoms with Crippen molar-refractivity contribution >= 4 is 81.2 Å². The van der Waals surface area contributed by atoms with Crippen LogP contribution in [0.15, 0.2) is 36.4 Å². The van der Waals surface area contributed by atoms with Gasteiger partial charge in [-0.25, -0.2) is 0 Å². The summed E-state index contributed by atoms with van der Waals surface area (Å²) in [4.78, 5) is 36.6. The Balaban J connectivity index is 1.48. The number of alkyl halides is 2. The molecule has 0 aromatic heterocycles. The van der Waals surface area contributed by atoms with Crippen molar-refractivity contribution in [3.63, 3.8) is 0 Å². The van der Waals surface area contributed by atoms with Crippen LogP contribution in [-0.4, -0.2) is 21.8 Å². The smallest absolute Gasteiger partial charge is 0.231 e. The fourth-order valence-electron chi connectivity index (χ4n) is 3.96. The van der Waals surface area contributed by atoms with Crippen LogP contribution in [0.2, 0.25) is 15.1 Å². The molecular weight excluding hydrogens is 504 g/mol. The van der Waals surface area contributed by atoms with Gasteiger partial charge in [0.1, 0.15) is 10.1 Å². The molecule has 0 radical (unpaired) electrons. The summed E-state index contributed by atoms with van der Waals surface area (Å²) in [6.07, 6.45) is 1.09. The molecule has 0 spiro atoms. The second-order valence-corrected chi connectivity index (χ2v) is 10.7. The van der Waals surface area contributed by atoms with Gasteiger partial charge in [-0.05, 0) is 47.9 Å². The van der Waals surface area contributed by atoms with Gasteiger partial charge in [0.15, 0.2) is 5.78 Å². The monoisotopic (exact) mass is 517 g/mol. The number of Topliss-reactive ketones (excluding diaryl/α,β-unsaturated/α-hetero) is 2. The Hall–Kier alpha value is -1.30. The number of nitrogens with one attached hydrogen (secondary N) is 1. The van der Waals surface area contributed by atoms with Crippen molar-refractivity contribution in [2.45, 2.75) is 29.5 Å². The van der Waals surface area contributed by atoms with Crippen LogP contribution in [0, 0.1) is 11.8 Å². The predicted octanol–water partition coefficient (Wildman–Crippen LogP) is 6.72. The first-order valence-corrected chi connectivity index (χ1v) is 11.4. The molecule has 0 aliphatic heterocycles. The molecule has 2 aliphatic rings. The molecule has 2 aliphatic carbocycles. The normalized spacial score (nSPS) is 22.0. The summed E-state index contributed by atoms with van der Waals surface area (Å²) in [5.41, 5.74) is 1.38. The summed E-state index contributed by atoms with van der Waals surface area (Å²) in [5, 5.41) is 3.89. The van der Waals surface area contributed by atoms with E-state index in [1.54, 1.807) is 30.3 Å². The third-order valence-electron chi connectivity index (χ3n) is 5.62. The second-order valence-electron chi connectivity index (χ2n) is 7.96. The minimum atomic E-state index is -1.31. The van der Waals surface area contributed by atoms with Crippen molar-refractivity contribution in [1.82, 2.24) is 0 Å². The van der Waals surface area contributed by atoms with Crippen molar-refractivity contribution in [2.75, 3.05) is 5.32 Å². The molecule has 0 heterocycles. The Morgan fingerprint density at radius 1 is 1.00 bits per heavy atom. The van der Waals surface area contributed by atoms with Crippen LogP contribution in [0.4, 0.5) is 5.69 Å². The Labute approximate surface area is 204 Å². The number of carbonyl (C=O) groups is 3. The average molecular weight is 520 g/mol. The second kappa shape index (κ2) is 8.57. The highest BCUT2D eigenvalue weighted by Crippen LogP contribution is 2.65. The van der Waals surface area contributed by atoms with Gasteiger partial charge in [0, 0.05) is 46.5 Å². The van der Waals surface area contributed by atoms with Crippen LogP contribution in [0.5, 0.6) is 0 Å². The molecule has 2 aromatic carbocycles. The number of carbonyl (C=O) groups excluding carboxylic acids is 3. The van der Waals surface area contributed by atoms with Crippen molar-refractivity contribution in [2.24, 2.45) is 11.8 Å². The molecule has 2 saturated carbocycles. The first-order valence-electron chi connectivity index (χ1n) is 9.55. The van der Waals surface area contributed by atoms with Crippen LogP contribution < -0.4 is 5.32 Å². The fraction of sp³-hybridized carbons (Fsp3) is 0.318. The van der Waals surface area contributed by atoms with Crippen LogP contribution in [0.25, 0.3) is 0 Å². The average Bonchev–Trinajstić information content (AvgIpc) is 3.23. The number of halogens is 5. The lowest BCUT2D eigenvalue weighted by Gasteiger charge is -2.23. The lowest BCUT2D eigenvalue weighted by atomic mass is 9.80. The van der Waals surface area contributed by atoms with Gasteiger partial charge in [-0.15, -0.1) is 23.2 Å². The van der Waals surface area contributed by atoms with Gasteiger partial charge in [-0.3, -0.25) is 14.4 Å². The van der Waals surface area contributed by atoms with E-state index in [1.165, 1.54) is 6.07 Å². The summed E-state index contributed by atoms with van der Waals surface area (Å²) in [6.45, 7) is 0. The topological polar surface area (TPSA) is 63.2 Å². The molecule has 9 heteroatoms. The molecule has 31 heavy (non-hydrogen) atoms. The highest BCUT2D eigenvalue weighted by atomic mass is 35.5. The molecule has 0 saturated heterocycles. The van der Waals surface area contributed by atoms with Crippen molar-refractivity contribution < 1.29 is 14.4 Å². The van der Waals surface area contributed by atoms with Crippen molar-refractivity contribution in [3.05, 3.63) is 62.6 Å². The van der Waals surface area contributed by atoms with Gasteiger partial charge in [0.25, 0.3) is 0 Å². The number of rotatable bonds is 6. The molecule has 4 rings (SSSR count). The first kappa shape index (κ1) is 22.9. The van der Waals surface area contributed by atoms with E-state index < -0.39 is 22.1 Å². The standard InChI is InChI=1S/C22H16Cl5NO3/c23-12-6-11(7-13(24)8-12)19-20(22(19,26)27)21(31)28-14-1-2-17(25)16(9-14)18(30)5-10-3-15(29)4-10/h1-2,6-10,19-20H,3-5H2,(H,28,31). The number of anilines is 1. The fourth-order valence-corrected chi connectivity index (χ4v) is 5.55. The first-order chi connectivity index (χ1) is 14.6. The maximum absolute atomic E-state index is 12.9. The van der Waals surface area contributed by atoms with E-state index in [4.69, 9.17) is 58.0 Å². The minimum absolute atomic E-state index is 0.0548. The van der Waals surface area contributed by atoms with Gasteiger partial charge in [-0.2, -0.15) is 0 Å². The largest absolute Gasteiger partial charge is 0.326 e. The molecule has 2 unspecified atom stereocenters. The molecule has 2 fully saturated rings. The molecule has 0 bridgehead atoms. The number of ketones is 2. The Morgan fingerprint density at radius 2 is 1.65 bits per heavy atom. The zero-order valence-electron chi connectivity index (χ0n) is 15.9. The number of hydrogen-bond donors (Lipinski definition) is 1. The van der Waals surface area contributed by atoms with Crippen LogP contribution in [-0.2, 0) is 9.59 Å². The molecular formula is C22H16Cl5NO3. The van der Waals surface area contributed by atoms with E-state index in [0.717, 1.165) is 0 Å². The Kier molecular flexibility index (Phi) is 6.32. The number of benzene rings is 2. The molecule has 1 amide bonds. The summed E-state index contributed by atoms with van der Waals surface area (Å²) >= 11 is 31.1. The molecule has 2 aromatic rings. The maximum Gasteiger partial charge on any atom is 0.231 e. The van der Waals surface area contributed by atoms with Crippen LogP contribution >= 0.6 is 58.0 Å². The van der Waals surface area contributed by atoms with Crippen molar-refractivity contribution in [3.8, 4) is 0 Å². The Bertz CT molecular complexity index is 1070. The van der Waals surface area contributed by atoms with Gasteiger partial charge in [-0.1, -0.05) is 34.8 Å². The van der Waals surface area contributed by atoms with E-state index in [0.29, 0.717) is 39.7 Å². The lowest BCUT2D eigenvalue weighted by Crippen LogP contribution is -2.25. The number of amides is 1. The minimum Gasteiger partial charge on any atom is -0.326 e. The summed E-state index contributed by atoms with van der Waals surface area (Å²) in [6, 6.07) is 9.61. The SMILES string of the molecule is O=C1CC(CC(=O)c2cc(NC(=O)C3C(c4cc(Cl)cc(Cl)c4)C3(Cl)Cl)ccc2Cl)C1. The summed E-state index contributed by atoms with van der Waals surface area (Å²) in [7, 11) is 0. The van der Waals surface area contributed by atoms with E-state index in [1.807, 2.05) is 0 Å². The van der Waals surface area contributed by atoms with Gasteiger partial charge < -0.3 is 5.32 Å². The number of hydrogen-bond acceptors (Lipinski definition) is 3. The summed E-state index contributed by atoms with van der Waals surface area (Å²) in [5.74, 6) is -1.54. The van der Waals surface area contributed by atoms with E-state index in [-0.39, 0.29) is 28.9 Å². The predicted molar refractivity (Wildman–Crippen MR) is 124 cm³/mol. The third kappa shape index (κ3) is 4.74. The molecule has 4 nitrogen and oxygen atoms in total. The quantitative estimate of drug-likeness (QED) is 0.340. The zero-order valence-corrected chi connectivity index (χ0v) is 19.7.